The smallest absolute Gasteiger partial charge is 0.231 e. The van der Waals surface area contributed by atoms with Crippen LogP contribution in [0.5, 0.6) is 11.5 Å². The van der Waals surface area contributed by atoms with E-state index in [2.05, 4.69) is 17.4 Å². The van der Waals surface area contributed by atoms with Gasteiger partial charge in [-0.3, -0.25) is 9.59 Å². The molecule has 1 spiro atoms. The first-order chi connectivity index (χ1) is 15.1. The molecular formula is C24H22N2O5. The van der Waals surface area contributed by atoms with Gasteiger partial charge in [0.05, 0.1) is 24.5 Å². The number of ether oxygens (including phenoxy) is 3. The molecule has 158 valence electrons. The van der Waals surface area contributed by atoms with E-state index in [0.29, 0.717) is 30.3 Å². The highest BCUT2D eigenvalue weighted by molar-refractivity contribution is 5.99. The maximum atomic E-state index is 13.3. The lowest BCUT2D eigenvalue weighted by atomic mass is 9.77. The first kappa shape index (κ1) is 18.4. The molecule has 0 saturated carbocycles. The lowest BCUT2D eigenvalue weighted by Crippen LogP contribution is -2.41. The van der Waals surface area contributed by atoms with E-state index in [1.54, 1.807) is 18.2 Å². The highest BCUT2D eigenvalue weighted by Gasteiger charge is 2.66. The van der Waals surface area contributed by atoms with Crippen molar-refractivity contribution in [2.24, 2.45) is 11.8 Å². The minimum absolute atomic E-state index is 0.00591. The Morgan fingerprint density at radius 3 is 2.84 bits per heavy atom. The number of carbonyl (C=O) groups is 2. The molecule has 0 aliphatic carbocycles. The zero-order valence-electron chi connectivity index (χ0n) is 16.8. The summed E-state index contributed by atoms with van der Waals surface area (Å²) in [5, 5.41) is 2.94. The number of benzene rings is 2. The first-order valence-electron chi connectivity index (χ1n) is 10.5. The number of hydrogen-bond acceptors (Lipinski definition) is 5. The number of rotatable bonds is 5. The summed E-state index contributed by atoms with van der Waals surface area (Å²) in [6.45, 7) is 1.28. The van der Waals surface area contributed by atoms with Gasteiger partial charge < -0.3 is 24.4 Å². The van der Waals surface area contributed by atoms with Crippen LogP contribution < -0.4 is 14.8 Å². The molecule has 7 heteroatoms. The molecule has 31 heavy (non-hydrogen) atoms. The van der Waals surface area contributed by atoms with Crippen LogP contribution in [0.25, 0.3) is 0 Å². The number of nitrogens with one attached hydrogen (secondary N) is 1. The van der Waals surface area contributed by atoms with Crippen molar-refractivity contribution in [1.29, 1.82) is 0 Å². The Morgan fingerprint density at radius 1 is 1.13 bits per heavy atom. The molecule has 2 amide bonds. The van der Waals surface area contributed by atoms with E-state index >= 15 is 0 Å². The zero-order valence-corrected chi connectivity index (χ0v) is 16.8. The molecule has 4 aliphatic rings. The number of hydrogen-bond donors (Lipinski definition) is 1. The Morgan fingerprint density at radius 2 is 1.97 bits per heavy atom. The van der Waals surface area contributed by atoms with Gasteiger partial charge in [-0.2, -0.15) is 0 Å². The van der Waals surface area contributed by atoms with Gasteiger partial charge in [-0.1, -0.05) is 42.5 Å². The topological polar surface area (TPSA) is 77.1 Å². The molecule has 4 unspecified atom stereocenters. The number of amides is 2. The van der Waals surface area contributed by atoms with Crippen molar-refractivity contribution < 1.29 is 23.8 Å². The van der Waals surface area contributed by atoms with Crippen LogP contribution >= 0.6 is 0 Å². The molecule has 4 aliphatic heterocycles. The van der Waals surface area contributed by atoms with Crippen LogP contribution in [0.15, 0.2) is 60.7 Å². The third-order valence-electron chi connectivity index (χ3n) is 6.63. The van der Waals surface area contributed by atoms with Crippen LogP contribution in [-0.2, 0) is 20.7 Å². The van der Waals surface area contributed by atoms with E-state index < -0.39 is 17.4 Å². The summed E-state index contributed by atoms with van der Waals surface area (Å²) in [5.41, 5.74) is 1.10. The van der Waals surface area contributed by atoms with Gasteiger partial charge in [0.25, 0.3) is 0 Å². The van der Waals surface area contributed by atoms with Crippen molar-refractivity contribution in [3.05, 3.63) is 66.2 Å². The number of nitrogens with zero attached hydrogens (tertiary/aromatic N) is 1. The predicted molar refractivity (Wildman–Crippen MR) is 112 cm³/mol. The molecule has 7 nitrogen and oxygen atoms in total. The average molecular weight is 418 g/mol. The third kappa shape index (κ3) is 2.91. The Hall–Kier alpha value is -3.32. The van der Waals surface area contributed by atoms with Crippen LogP contribution in [0.3, 0.4) is 0 Å². The van der Waals surface area contributed by atoms with E-state index in [1.807, 2.05) is 35.3 Å². The lowest BCUT2D eigenvalue weighted by molar-refractivity contribution is -0.135. The Bertz CT molecular complexity index is 1080. The van der Waals surface area contributed by atoms with Crippen LogP contribution in [0.2, 0.25) is 0 Å². The molecule has 2 aromatic rings. The van der Waals surface area contributed by atoms with Crippen LogP contribution in [0.1, 0.15) is 5.56 Å². The van der Waals surface area contributed by atoms with Gasteiger partial charge in [-0.05, 0) is 24.1 Å². The molecule has 2 aromatic carbocycles. The third-order valence-corrected chi connectivity index (χ3v) is 6.63. The van der Waals surface area contributed by atoms with E-state index in [4.69, 9.17) is 14.2 Å². The maximum Gasteiger partial charge on any atom is 0.231 e. The Kier molecular flexibility index (Phi) is 4.08. The summed E-state index contributed by atoms with van der Waals surface area (Å²) in [5.74, 6) is -0.00513. The predicted octanol–water partition coefficient (Wildman–Crippen LogP) is 2.38. The van der Waals surface area contributed by atoms with Crippen molar-refractivity contribution in [3.8, 4) is 11.5 Å². The van der Waals surface area contributed by atoms with Crippen LogP contribution in [-0.4, -0.2) is 48.3 Å². The van der Waals surface area contributed by atoms with Crippen molar-refractivity contribution in [2.75, 3.05) is 25.2 Å². The number of carbonyl (C=O) groups excluding carboxylic acids is 2. The van der Waals surface area contributed by atoms with Crippen molar-refractivity contribution >= 4 is 17.5 Å². The van der Waals surface area contributed by atoms with Crippen LogP contribution in [0, 0.1) is 11.8 Å². The van der Waals surface area contributed by atoms with Crippen LogP contribution in [0.4, 0.5) is 5.69 Å². The normalized spacial score (nSPS) is 29.5. The second-order valence-electron chi connectivity index (χ2n) is 8.45. The fourth-order valence-corrected chi connectivity index (χ4v) is 5.18. The van der Waals surface area contributed by atoms with Gasteiger partial charge in [-0.15, -0.1) is 0 Å². The molecule has 0 radical (unpaired) electrons. The van der Waals surface area contributed by atoms with Gasteiger partial charge in [0.2, 0.25) is 18.6 Å². The average Bonchev–Trinajstić information content (AvgIpc) is 3.53. The van der Waals surface area contributed by atoms with Gasteiger partial charge in [0, 0.05) is 18.3 Å². The van der Waals surface area contributed by atoms with Crippen molar-refractivity contribution in [3.63, 3.8) is 0 Å². The second-order valence-corrected chi connectivity index (χ2v) is 8.45. The van der Waals surface area contributed by atoms with Gasteiger partial charge >= 0.3 is 0 Å². The number of anilines is 1. The van der Waals surface area contributed by atoms with E-state index in [9.17, 15) is 9.59 Å². The molecule has 1 N–H and O–H groups in total. The fraction of sp³-hybridized carbons (Fsp3) is 0.333. The Balaban J connectivity index is 1.19. The summed E-state index contributed by atoms with van der Waals surface area (Å²) < 4.78 is 16.9. The number of fused-ring (bicyclic) bond motifs is 2. The highest BCUT2D eigenvalue weighted by Crippen LogP contribution is 2.52. The van der Waals surface area contributed by atoms with E-state index in [-0.39, 0.29) is 24.7 Å². The summed E-state index contributed by atoms with van der Waals surface area (Å²) >= 11 is 0. The Labute approximate surface area is 179 Å². The molecule has 6 rings (SSSR count). The monoisotopic (exact) mass is 418 g/mol. The summed E-state index contributed by atoms with van der Waals surface area (Å²) in [7, 11) is 0. The summed E-state index contributed by atoms with van der Waals surface area (Å²) in [6, 6.07) is 15.4. The molecule has 0 aromatic heterocycles. The summed E-state index contributed by atoms with van der Waals surface area (Å²) in [6.07, 6.45) is 4.30. The standard InChI is InChI=1S/C24H22N2O5/c27-22(25-16-6-7-17-19(12-16)30-14-29-17)20-18-8-10-24(31-18)13-26(23(28)21(20)24)11-9-15-4-2-1-3-5-15/h1-8,10,12,18,20-21H,9,11,13-14H2,(H,25,27). The lowest BCUT2D eigenvalue weighted by Gasteiger charge is -2.23. The minimum atomic E-state index is -0.699. The molecule has 4 heterocycles. The van der Waals surface area contributed by atoms with Crippen molar-refractivity contribution in [2.45, 2.75) is 18.1 Å². The molecule has 2 bridgehead atoms. The quantitative estimate of drug-likeness (QED) is 0.755. The van der Waals surface area contributed by atoms with Gasteiger partial charge in [-0.25, -0.2) is 0 Å². The largest absolute Gasteiger partial charge is 0.454 e. The molecule has 4 atom stereocenters. The molecular weight excluding hydrogens is 396 g/mol. The minimum Gasteiger partial charge on any atom is -0.454 e. The van der Waals surface area contributed by atoms with Gasteiger partial charge in [0.15, 0.2) is 11.5 Å². The zero-order chi connectivity index (χ0) is 21.0. The first-order valence-corrected chi connectivity index (χ1v) is 10.5. The second kappa shape index (κ2) is 6.85. The summed E-state index contributed by atoms with van der Waals surface area (Å²) in [4.78, 5) is 28.4. The van der Waals surface area contributed by atoms with Gasteiger partial charge in [0.1, 0.15) is 5.60 Å². The van der Waals surface area contributed by atoms with E-state index in [0.717, 1.165) is 6.42 Å². The highest BCUT2D eigenvalue weighted by atomic mass is 16.7. The SMILES string of the molecule is O=C(Nc1ccc2c(c1)OCO2)C1C2C=CC3(CN(CCc4ccccc4)C(=O)C13)O2. The number of likely N-dealkylation sites (tertiary alicyclic amines) is 1. The molecule has 2 saturated heterocycles. The maximum absolute atomic E-state index is 13.3. The fourth-order valence-electron chi connectivity index (χ4n) is 5.18. The molecule has 2 fully saturated rings. The van der Waals surface area contributed by atoms with E-state index in [1.165, 1.54) is 5.56 Å². The van der Waals surface area contributed by atoms with Crippen molar-refractivity contribution in [1.82, 2.24) is 4.90 Å².